The third-order valence-electron chi connectivity index (χ3n) is 14.5. The van der Waals surface area contributed by atoms with Gasteiger partial charge < -0.3 is 56.8 Å². The molecule has 4 aliphatic heterocycles. The standard InChI is InChI=1S/C63H67NO15/c1-68-47-33-31-46(32-34-47)61-75-41-51-55(78-61)56(53(62(76-51)71-35-19-7-16-30-52(65)69-2)64-59(66)48-28-17-18-29-49(48)60(64)67)79-63-58(74-39-45-26-14-6-15-27-45)57(73-38-44-24-12-5-13-25-44)54(72-37-43-22-10-4-11-23-43)50(77-63)40-70-36-42-20-8-3-9-21-42/h3-6,8-15,17-18,20-29,31-34,50-51,53-58,61-63H,7,16,19,30,35-41H2,1-2H3/t50-,51-,53-,54+,55-,56-,57+,58-,61-,62-,63-/m1/s1. The monoisotopic (exact) mass is 1080 g/mol. The molecule has 0 spiro atoms. The molecule has 0 aromatic heterocycles. The first kappa shape index (κ1) is 55.6. The van der Waals surface area contributed by atoms with Crippen LogP contribution in [0, 0.1) is 0 Å². The van der Waals surface area contributed by atoms with Crippen LogP contribution in [0.2, 0.25) is 0 Å². The van der Waals surface area contributed by atoms with Crippen molar-refractivity contribution in [2.75, 3.05) is 34.0 Å². The zero-order chi connectivity index (χ0) is 54.3. The Balaban J connectivity index is 1.07. The summed E-state index contributed by atoms with van der Waals surface area (Å²) in [6.45, 7) is 0.972. The minimum absolute atomic E-state index is 0.0165. The molecule has 0 unspecified atom stereocenters. The van der Waals surface area contributed by atoms with E-state index in [1.165, 1.54) is 12.0 Å². The minimum Gasteiger partial charge on any atom is -0.497 e. The van der Waals surface area contributed by atoms with Crippen molar-refractivity contribution in [3.8, 4) is 5.75 Å². The molecule has 3 fully saturated rings. The van der Waals surface area contributed by atoms with E-state index in [1.807, 2.05) is 146 Å². The quantitative estimate of drug-likeness (QED) is 0.0302. The first-order valence-corrected chi connectivity index (χ1v) is 27.0. The van der Waals surface area contributed by atoms with Gasteiger partial charge in [0.15, 0.2) is 18.9 Å². The number of carbonyl (C=O) groups excluding carboxylic acids is 3. The fraction of sp³-hybridized carbons (Fsp3) is 0.381. The van der Waals surface area contributed by atoms with Crippen molar-refractivity contribution in [2.45, 2.75) is 120 Å². The molecular formula is C63H67NO15. The van der Waals surface area contributed by atoms with Crippen molar-refractivity contribution in [2.24, 2.45) is 0 Å². The summed E-state index contributed by atoms with van der Waals surface area (Å²) in [5, 5.41) is 0. The molecule has 6 aromatic carbocycles. The molecule has 6 aromatic rings. The van der Waals surface area contributed by atoms with Crippen LogP contribution in [0.15, 0.2) is 170 Å². The van der Waals surface area contributed by atoms with E-state index >= 15 is 0 Å². The number of hydrogen-bond acceptors (Lipinski definition) is 15. The van der Waals surface area contributed by atoms with Crippen LogP contribution < -0.4 is 4.74 Å². The molecule has 16 heteroatoms. The number of nitrogens with zero attached hydrogens (tertiary/aromatic N) is 1. The number of methoxy groups -OCH3 is 2. The summed E-state index contributed by atoms with van der Waals surface area (Å²) < 4.78 is 79.7. The Morgan fingerprint density at radius 1 is 0.544 bits per heavy atom. The summed E-state index contributed by atoms with van der Waals surface area (Å²) >= 11 is 0. The Morgan fingerprint density at radius 2 is 1.09 bits per heavy atom. The van der Waals surface area contributed by atoms with Crippen molar-refractivity contribution >= 4 is 17.8 Å². The second-order valence-corrected chi connectivity index (χ2v) is 19.8. The Morgan fingerprint density at radius 3 is 1.66 bits per heavy atom. The lowest BCUT2D eigenvalue weighted by molar-refractivity contribution is -0.388. The number of rotatable bonds is 25. The molecule has 4 heterocycles. The molecule has 3 saturated heterocycles. The van der Waals surface area contributed by atoms with Crippen molar-refractivity contribution in [3.63, 3.8) is 0 Å². The van der Waals surface area contributed by atoms with Crippen molar-refractivity contribution in [1.82, 2.24) is 4.90 Å². The summed E-state index contributed by atoms with van der Waals surface area (Å²) in [6.07, 6.45) is -8.20. The van der Waals surface area contributed by atoms with Gasteiger partial charge in [-0.05, 0) is 59.4 Å². The summed E-state index contributed by atoms with van der Waals surface area (Å²) in [6, 6.07) is 52.0. The van der Waals surface area contributed by atoms with Gasteiger partial charge in [0, 0.05) is 18.6 Å². The molecule has 0 radical (unpaired) electrons. The molecule has 11 atom stereocenters. The van der Waals surface area contributed by atoms with E-state index in [1.54, 1.807) is 31.4 Å². The lowest BCUT2D eigenvalue weighted by Crippen LogP contribution is -2.70. The summed E-state index contributed by atoms with van der Waals surface area (Å²) in [7, 11) is 2.95. The number of imide groups is 1. The van der Waals surface area contributed by atoms with Crippen LogP contribution in [0.5, 0.6) is 5.75 Å². The van der Waals surface area contributed by atoms with Gasteiger partial charge in [0.1, 0.15) is 54.5 Å². The zero-order valence-corrected chi connectivity index (χ0v) is 44.4. The maximum atomic E-state index is 14.9. The minimum atomic E-state index is -1.31. The van der Waals surface area contributed by atoms with Gasteiger partial charge in [-0.15, -0.1) is 0 Å². The Bertz CT molecular complexity index is 2830. The summed E-state index contributed by atoms with van der Waals surface area (Å²) in [4.78, 5) is 43.0. The number of esters is 1. The SMILES string of the molecule is COC(=O)CCCCCO[C@@H]1O[C@@H]2CO[C@@H](c3ccc(OC)cc3)O[C@H]2[C@H](O[C@H]2O[C@H](COCc3ccccc3)[C@H](OCc3ccccc3)[C@H](OCc3ccccc3)[C@H]2OCc2ccccc2)[C@H]1N1C(=O)c2ccccc2C1=O. The average molecular weight is 1080 g/mol. The fourth-order valence-electron chi connectivity index (χ4n) is 10.4. The number of ether oxygens (including phenoxy) is 12. The van der Waals surface area contributed by atoms with Gasteiger partial charge in [-0.25, -0.2) is 0 Å². The van der Waals surface area contributed by atoms with Crippen LogP contribution in [0.25, 0.3) is 0 Å². The highest BCUT2D eigenvalue weighted by Crippen LogP contribution is 2.42. The second-order valence-electron chi connectivity index (χ2n) is 19.8. The number of benzene rings is 6. The van der Waals surface area contributed by atoms with Crippen LogP contribution in [0.3, 0.4) is 0 Å². The van der Waals surface area contributed by atoms with E-state index in [0.29, 0.717) is 30.6 Å². The van der Waals surface area contributed by atoms with E-state index in [2.05, 4.69) is 0 Å². The Hall–Kier alpha value is -6.67. The predicted octanol–water partition coefficient (Wildman–Crippen LogP) is 9.33. The van der Waals surface area contributed by atoms with E-state index in [0.717, 1.165) is 22.3 Å². The predicted molar refractivity (Wildman–Crippen MR) is 287 cm³/mol. The van der Waals surface area contributed by atoms with E-state index in [-0.39, 0.29) is 69.8 Å². The van der Waals surface area contributed by atoms with Crippen LogP contribution in [-0.2, 0) is 83.3 Å². The molecule has 414 valence electrons. The number of unbranched alkanes of at least 4 members (excludes halogenated alkanes) is 2. The van der Waals surface area contributed by atoms with Crippen molar-refractivity contribution in [1.29, 1.82) is 0 Å². The zero-order valence-electron chi connectivity index (χ0n) is 44.4. The highest BCUT2D eigenvalue weighted by atomic mass is 16.8. The molecule has 4 aliphatic rings. The van der Waals surface area contributed by atoms with Gasteiger partial charge in [0.25, 0.3) is 11.8 Å². The van der Waals surface area contributed by atoms with Gasteiger partial charge in [0.2, 0.25) is 0 Å². The Kier molecular flexibility index (Phi) is 19.3. The van der Waals surface area contributed by atoms with Gasteiger partial charge >= 0.3 is 5.97 Å². The van der Waals surface area contributed by atoms with E-state index in [9.17, 15) is 14.4 Å². The maximum absolute atomic E-state index is 14.9. The molecule has 16 nitrogen and oxygen atoms in total. The smallest absolute Gasteiger partial charge is 0.305 e. The largest absolute Gasteiger partial charge is 0.497 e. The average Bonchev–Trinajstić information content (AvgIpc) is 4.06. The van der Waals surface area contributed by atoms with Gasteiger partial charge in [-0.2, -0.15) is 0 Å². The van der Waals surface area contributed by atoms with Crippen LogP contribution in [0.4, 0.5) is 0 Å². The van der Waals surface area contributed by atoms with Crippen LogP contribution in [-0.4, -0.2) is 118 Å². The van der Waals surface area contributed by atoms with Crippen molar-refractivity contribution < 1.29 is 71.2 Å². The third-order valence-corrected chi connectivity index (χ3v) is 14.5. The molecule has 2 amide bonds. The number of hydrogen-bond donors (Lipinski definition) is 0. The van der Waals surface area contributed by atoms with Crippen LogP contribution in [0.1, 0.15) is 80.5 Å². The molecule has 79 heavy (non-hydrogen) atoms. The van der Waals surface area contributed by atoms with E-state index < -0.39 is 79.5 Å². The lowest BCUT2D eigenvalue weighted by atomic mass is 9.93. The normalized spacial score (nSPS) is 25.6. The fourth-order valence-corrected chi connectivity index (χ4v) is 10.4. The summed E-state index contributed by atoms with van der Waals surface area (Å²) in [5.41, 5.74) is 4.81. The van der Waals surface area contributed by atoms with Gasteiger partial charge in [-0.3, -0.25) is 19.3 Å². The maximum Gasteiger partial charge on any atom is 0.305 e. The molecule has 0 bridgehead atoms. The number of carbonyl (C=O) groups is 3. The number of fused-ring (bicyclic) bond motifs is 2. The highest BCUT2D eigenvalue weighted by molar-refractivity contribution is 6.21. The molecule has 0 saturated carbocycles. The third kappa shape index (κ3) is 13.9. The topological polar surface area (TPSA) is 165 Å². The molecule has 0 aliphatic carbocycles. The molecule has 0 N–H and O–H groups in total. The Labute approximate surface area is 460 Å². The first-order chi connectivity index (χ1) is 38.8. The summed E-state index contributed by atoms with van der Waals surface area (Å²) in [5.74, 6) is -0.775. The van der Waals surface area contributed by atoms with Gasteiger partial charge in [0.05, 0.1) is 65.0 Å². The van der Waals surface area contributed by atoms with E-state index in [4.69, 9.17) is 56.8 Å². The second kappa shape index (κ2) is 27.5. The number of amides is 2. The highest BCUT2D eigenvalue weighted by Gasteiger charge is 2.59. The molecular weight excluding hydrogens is 1010 g/mol. The van der Waals surface area contributed by atoms with Crippen molar-refractivity contribution in [3.05, 3.63) is 209 Å². The van der Waals surface area contributed by atoms with Gasteiger partial charge in [-0.1, -0.05) is 152 Å². The lowest BCUT2D eigenvalue weighted by Gasteiger charge is -2.53. The first-order valence-electron chi connectivity index (χ1n) is 27.0. The molecule has 10 rings (SSSR count). The van der Waals surface area contributed by atoms with Crippen LogP contribution >= 0.6 is 0 Å².